The second-order valence-corrected chi connectivity index (χ2v) is 13.8. The lowest BCUT2D eigenvalue weighted by atomic mass is 9.72. The van der Waals surface area contributed by atoms with Crippen LogP contribution in [0.15, 0.2) is 54.9 Å². The molecule has 4 fully saturated rings. The standard InChI is InChI=1S/C36H39F6N5O/c37-28(29-20-43-21-31(44-29)46-18-14-35(38,39)24-46)19-26-9-10-30(48-27-5-2-1-3-6-27)32(36(40,41)42)33(26)47-15-4-11-34(23-47)12-16-45(17-13-34)22-25-7-8-25/h1-3,5-6,9-10,19-21,25H,4,7-8,11-18,22-24H2/b28-19-. The van der Waals surface area contributed by atoms with Crippen molar-refractivity contribution in [3.8, 4) is 11.5 Å². The number of para-hydroxylation sites is 1. The van der Waals surface area contributed by atoms with Crippen LogP contribution in [0.1, 0.15) is 61.8 Å². The average Bonchev–Trinajstić information content (AvgIpc) is 3.81. The zero-order valence-electron chi connectivity index (χ0n) is 26.7. The predicted octanol–water partition coefficient (Wildman–Crippen LogP) is 8.69. The number of hydrogen-bond acceptors (Lipinski definition) is 6. The summed E-state index contributed by atoms with van der Waals surface area (Å²) in [6.45, 7) is 3.21. The summed E-state index contributed by atoms with van der Waals surface area (Å²) in [6, 6.07) is 10.9. The SMILES string of the molecule is F/C(=C\c1ccc(Oc2ccccc2)c(C(F)(F)F)c1N1CCCC2(CCN(CC3CC3)CC2)C1)c1cncc(N2CCC(F)(F)C2)n1. The first kappa shape index (κ1) is 32.7. The molecule has 12 heteroatoms. The molecule has 3 aliphatic heterocycles. The van der Waals surface area contributed by atoms with Crippen LogP contribution in [0, 0.1) is 11.3 Å². The number of ether oxygens (including phenoxy) is 1. The molecule has 1 aromatic heterocycles. The molecule has 3 aromatic rings. The molecule has 1 aliphatic carbocycles. The lowest BCUT2D eigenvalue weighted by molar-refractivity contribution is -0.138. The Balaban J connectivity index is 1.26. The van der Waals surface area contributed by atoms with Gasteiger partial charge in [0.05, 0.1) is 24.6 Å². The minimum absolute atomic E-state index is 0.0309. The van der Waals surface area contributed by atoms with E-state index in [-0.39, 0.29) is 52.6 Å². The Morgan fingerprint density at radius 3 is 2.35 bits per heavy atom. The van der Waals surface area contributed by atoms with Crippen molar-refractivity contribution in [2.45, 2.75) is 57.0 Å². The van der Waals surface area contributed by atoms with E-state index in [1.165, 1.54) is 36.1 Å². The number of nitrogens with zero attached hydrogens (tertiary/aromatic N) is 5. The third-order valence-corrected chi connectivity index (χ3v) is 10.2. The fraction of sp³-hybridized carbons (Fsp3) is 0.500. The van der Waals surface area contributed by atoms with Gasteiger partial charge in [-0.3, -0.25) is 4.98 Å². The number of benzene rings is 2. The molecule has 0 radical (unpaired) electrons. The number of alkyl halides is 5. The maximum atomic E-state index is 16.0. The van der Waals surface area contributed by atoms with Crippen molar-refractivity contribution >= 4 is 23.4 Å². The van der Waals surface area contributed by atoms with E-state index in [1.807, 2.05) is 0 Å². The summed E-state index contributed by atoms with van der Waals surface area (Å²) >= 11 is 0. The van der Waals surface area contributed by atoms with E-state index in [2.05, 4.69) is 14.9 Å². The number of halogens is 6. The van der Waals surface area contributed by atoms with Gasteiger partial charge in [0, 0.05) is 38.2 Å². The Bertz CT molecular complexity index is 1640. The summed E-state index contributed by atoms with van der Waals surface area (Å²) in [5, 5.41) is 0. The van der Waals surface area contributed by atoms with Crippen molar-refractivity contribution in [2.75, 3.05) is 55.6 Å². The van der Waals surface area contributed by atoms with Crippen LogP contribution in [-0.4, -0.2) is 66.6 Å². The molecule has 4 aliphatic rings. The molecular weight excluding hydrogens is 632 g/mol. The lowest BCUT2D eigenvalue weighted by Gasteiger charge is -2.49. The number of rotatable bonds is 8. The van der Waals surface area contributed by atoms with E-state index in [1.54, 1.807) is 35.2 Å². The zero-order chi connectivity index (χ0) is 33.5. The number of likely N-dealkylation sites (tertiary alicyclic amines) is 1. The van der Waals surface area contributed by atoms with Crippen molar-refractivity contribution < 1.29 is 31.1 Å². The van der Waals surface area contributed by atoms with Crippen molar-refractivity contribution in [1.82, 2.24) is 14.9 Å². The fourth-order valence-electron chi connectivity index (χ4n) is 7.47. The van der Waals surface area contributed by atoms with Crippen molar-refractivity contribution in [1.29, 1.82) is 0 Å². The normalized spacial score (nSPS) is 21.6. The fourth-order valence-corrected chi connectivity index (χ4v) is 7.47. The monoisotopic (exact) mass is 671 g/mol. The lowest BCUT2D eigenvalue weighted by Crippen LogP contribution is -2.50. The van der Waals surface area contributed by atoms with Crippen LogP contribution in [0.2, 0.25) is 0 Å². The molecule has 0 N–H and O–H groups in total. The molecule has 256 valence electrons. The molecule has 0 amide bonds. The highest BCUT2D eigenvalue weighted by Gasteiger charge is 2.45. The van der Waals surface area contributed by atoms with Crippen molar-refractivity contribution in [3.63, 3.8) is 0 Å². The molecule has 48 heavy (non-hydrogen) atoms. The largest absolute Gasteiger partial charge is 0.457 e. The van der Waals surface area contributed by atoms with Crippen molar-refractivity contribution in [3.05, 3.63) is 71.7 Å². The van der Waals surface area contributed by atoms with Crippen LogP contribution in [0.3, 0.4) is 0 Å². The molecule has 2 aromatic carbocycles. The Hall–Kier alpha value is -3.80. The van der Waals surface area contributed by atoms with Crippen LogP contribution < -0.4 is 14.5 Å². The predicted molar refractivity (Wildman–Crippen MR) is 173 cm³/mol. The van der Waals surface area contributed by atoms with E-state index >= 15 is 17.6 Å². The molecular formula is C36H39F6N5O. The van der Waals surface area contributed by atoms with Gasteiger partial charge in [-0.1, -0.05) is 18.2 Å². The van der Waals surface area contributed by atoms with Gasteiger partial charge in [-0.05, 0) is 93.3 Å². The summed E-state index contributed by atoms with van der Waals surface area (Å²) in [7, 11) is 0. The third kappa shape index (κ3) is 7.28. The minimum Gasteiger partial charge on any atom is -0.457 e. The maximum absolute atomic E-state index is 16.0. The number of aromatic nitrogens is 2. The van der Waals surface area contributed by atoms with E-state index in [0.29, 0.717) is 19.5 Å². The molecule has 0 bridgehead atoms. The van der Waals surface area contributed by atoms with E-state index in [4.69, 9.17) is 4.74 Å². The molecule has 0 atom stereocenters. The van der Waals surface area contributed by atoms with Gasteiger partial charge in [0.2, 0.25) is 0 Å². The summed E-state index contributed by atoms with van der Waals surface area (Å²) in [5.41, 5.74) is -1.45. The zero-order valence-corrected chi connectivity index (χ0v) is 26.7. The van der Waals surface area contributed by atoms with Crippen LogP contribution in [0.5, 0.6) is 11.5 Å². The van der Waals surface area contributed by atoms with Gasteiger partial charge in [0.25, 0.3) is 5.92 Å². The van der Waals surface area contributed by atoms with Gasteiger partial charge in [-0.2, -0.15) is 13.2 Å². The summed E-state index contributed by atoms with van der Waals surface area (Å²) < 4.78 is 95.2. The third-order valence-electron chi connectivity index (χ3n) is 10.2. The van der Waals surface area contributed by atoms with Crippen LogP contribution in [-0.2, 0) is 6.18 Å². The molecule has 1 saturated carbocycles. The Morgan fingerprint density at radius 2 is 1.67 bits per heavy atom. The highest BCUT2D eigenvalue weighted by Crippen LogP contribution is 2.50. The second kappa shape index (κ2) is 12.9. The molecule has 3 saturated heterocycles. The molecule has 1 spiro atoms. The van der Waals surface area contributed by atoms with Gasteiger partial charge in [0.15, 0.2) is 5.83 Å². The second-order valence-electron chi connectivity index (χ2n) is 13.8. The van der Waals surface area contributed by atoms with Crippen molar-refractivity contribution in [2.24, 2.45) is 11.3 Å². The topological polar surface area (TPSA) is 44.7 Å². The highest BCUT2D eigenvalue weighted by atomic mass is 19.4. The quantitative estimate of drug-likeness (QED) is 0.224. The van der Waals surface area contributed by atoms with Crippen LogP contribution in [0.25, 0.3) is 11.9 Å². The van der Waals surface area contributed by atoms with Gasteiger partial charge >= 0.3 is 6.18 Å². The maximum Gasteiger partial charge on any atom is 0.422 e. The Morgan fingerprint density at radius 1 is 0.896 bits per heavy atom. The Kier molecular flexibility index (Phi) is 8.80. The number of hydrogen-bond donors (Lipinski definition) is 0. The van der Waals surface area contributed by atoms with Crippen LogP contribution >= 0.6 is 0 Å². The highest BCUT2D eigenvalue weighted by molar-refractivity contribution is 5.84. The summed E-state index contributed by atoms with van der Waals surface area (Å²) in [5.74, 6) is -3.06. The van der Waals surface area contributed by atoms with Gasteiger partial charge < -0.3 is 19.4 Å². The average molecular weight is 672 g/mol. The van der Waals surface area contributed by atoms with E-state index in [0.717, 1.165) is 57.1 Å². The summed E-state index contributed by atoms with van der Waals surface area (Å²) in [4.78, 5) is 13.8. The first-order valence-electron chi connectivity index (χ1n) is 16.7. The first-order valence-corrected chi connectivity index (χ1v) is 16.7. The van der Waals surface area contributed by atoms with Gasteiger partial charge in [0.1, 0.15) is 28.6 Å². The minimum atomic E-state index is -4.82. The first-order chi connectivity index (χ1) is 23.0. The Labute approximate surface area is 276 Å². The van der Waals surface area contributed by atoms with Gasteiger partial charge in [-0.25, -0.2) is 18.2 Å². The number of piperidine rings is 2. The smallest absolute Gasteiger partial charge is 0.422 e. The number of anilines is 2. The van der Waals surface area contributed by atoms with Crippen LogP contribution in [0.4, 0.5) is 37.8 Å². The van der Waals surface area contributed by atoms with Gasteiger partial charge in [-0.15, -0.1) is 0 Å². The molecule has 7 rings (SSSR count). The van der Waals surface area contributed by atoms with E-state index in [9.17, 15) is 8.78 Å². The molecule has 6 nitrogen and oxygen atoms in total. The molecule has 0 unspecified atom stereocenters. The summed E-state index contributed by atoms with van der Waals surface area (Å²) in [6.07, 6.45) is 4.28. The molecule has 4 heterocycles. The van der Waals surface area contributed by atoms with E-state index < -0.39 is 30.0 Å².